The molecule has 12 aromatic rings. The molecule has 0 heteroatoms. The molecule has 0 bridgehead atoms. The summed E-state index contributed by atoms with van der Waals surface area (Å²) >= 11 is 0. The van der Waals surface area contributed by atoms with Crippen molar-refractivity contribution in [2.45, 2.75) is 0 Å². The van der Waals surface area contributed by atoms with Gasteiger partial charge in [-0.15, -0.1) is 0 Å². The maximum atomic E-state index is 2.46. The van der Waals surface area contributed by atoms with Gasteiger partial charge < -0.3 is 0 Å². The van der Waals surface area contributed by atoms with Gasteiger partial charge in [-0.25, -0.2) is 0 Å². The molecule has 0 nitrogen and oxygen atoms in total. The van der Waals surface area contributed by atoms with Crippen LogP contribution >= 0.6 is 0 Å². The smallest absolute Gasteiger partial charge is 0.000718 e. The number of fused-ring (bicyclic) bond motifs is 8. The third-order valence-electron chi connectivity index (χ3n) is 14.3. The zero-order valence-corrected chi connectivity index (χ0v) is 36.1. The Balaban J connectivity index is 1.19. The quantitative estimate of drug-likeness (QED) is 0.146. The normalized spacial score (nSPS) is 11.9. The molecule has 2 aliphatic rings. The fraction of sp³-hybridized carbons (Fsp3) is 0. The zero-order chi connectivity index (χ0) is 43.3. The molecule has 0 N–H and O–H groups in total. The van der Waals surface area contributed by atoms with Crippen LogP contribution in [0, 0.1) is 0 Å². The summed E-state index contributed by atoms with van der Waals surface area (Å²) in [6.45, 7) is 0. The lowest BCUT2D eigenvalue weighted by Crippen LogP contribution is -1.99. The van der Waals surface area contributed by atoms with E-state index in [9.17, 15) is 0 Å². The van der Waals surface area contributed by atoms with E-state index in [0.29, 0.717) is 0 Å². The van der Waals surface area contributed by atoms with Crippen molar-refractivity contribution in [2.24, 2.45) is 0 Å². The van der Waals surface area contributed by atoms with Crippen LogP contribution in [0.15, 0.2) is 243 Å². The fourth-order valence-electron chi connectivity index (χ4n) is 11.7. The van der Waals surface area contributed by atoms with E-state index in [0.717, 1.165) is 0 Å². The van der Waals surface area contributed by atoms with Crippen molar-refractivity contribution >= 4 is 32.3 Å². The molecule has 0 saturated carbocycles. The molecule has 0 amide bonds. The van der Waals surface area contributed by atoms with Gasteiger partial charge in [0.2, 0.25) is 0 Å². The Labute approximate surface area is 384 Å². The van der Waals surface area contributed by atoms with Crippen LogP contribution in [0.4, 0.5) is 0 Å². The summed E-state index contributed by atoms with van der Waals surface area (Å²) in [6.07, 6.45) is 0. The van der Waals surface area contributed by atoms with E-state index in [1.807, 2.05) is 0 Å². The van der Waals surface area contributed by atoms with Gasteiger partial charge in [0, 0.05) is 0 Å². The first-order valence-electron chi connectivity index (χ1n) is 23.0. The molecule has 0 aliphatic heterocycles. The van der Waals surface area contributed by atoms with Gasteiger partial charge in [-0.2, -0.15) is 0 Å². The Morgan fingerprint density at radius 3 is 0.652 bits per heavy atom. The third-order valence-corrected chi connectivity index (χ3v) is 14.3. The van der Waals surface area contributed by atoms with Crippen LogP contribution in [-0.4, -0.2) is 0 Å². The molecule has 0 saturated heterocycles. The van der Waals surface area contributed by atoms with Crippen molar-refractivity contribution in [1.82, 2.24) is 0 Å². The molecule has 2 aliphatic carbocycles. The summed E-state index contributed by atoms with van der Waals surface area (Å²) in [5, 5.41) is 7.72. The SMILES string of the molecule is c1ccc(-c2c(-c3ccccc3)c(-c3ccccc3)c3c(c2-c2ccccc2)-c2ccc4c5c(ccc-3c25)-c2c-4c(-c3ccccc3)c3cc4ccccc4cc3c2-c2ccccc2)cc1. The summed E-state index contributed by atoms with van der Waals surface area (Å²) in [4.78, 5) is 0. The second kappa shape index (κ2) is 14.5. The molecule has 304 valence electrons. The van der Waals surface area contributed by atoms with Gasteiger partial charge in [0.1, 0.15) is 0 Å². The maximum Gasteiger partial charge on any atom is -0.000718 e. The molecule has 0 aromatic heterocycles. The van der Waals surface area contributed by atoms with Crippen LogP contribution < -0.4 is 0 Å². The first kappa shape index (κ1) is 36.9. The number of benzene rings is 12. The van der Waals surface area contributed by atoms with Gasteiger partial charge in [0.15, 0.2) is 0 Å². The molecule has 0 fully saturated rings. The van der Waals surface area contributed by atoms with Crippen molar-refractivity contribution in [3.63, 3.8) is 0 Å². The van der Waals surface area contributed by atoms with E-state index in [1.165, 1.54) is 144 Å². The highest BCUT2D eigenvalue weighted by molar-refractivity contribution is 6.35. The molecule has 0 heterocycles. The average Bonchev–Trinajstić information content (AvgIpc) is 3.90. The lowest BCUT2D eigenvalue weighted by Gasteiger charge is -2.26. The monoisotopic (exact) mass is 832 g/mol. The molecule has 12 aromatic carbocycles. The van der Waals surface area contributed by atoms with Crippen LogP contribution in [0.5, 0.6) is 0 Å². The Morgan fingerprint density at radius 1 is 0.167 bits per heavy atom. The number of hydrogen-bond acceptors (Lipinski definition) is 0. The second-order valence-corrected chi connectivity index (χ2v) is 17.8. The number of rotatable bonds is 6. The summed E-state index contributed by atoms with van der Waals surface area (Å²) in [6, 6.07) is 90.3. The lowest BCUT2D eigenvalue weighted by molar-refractivity contribution is 1.54. The van der Waals surface area contributed by atoms with Crippen LogP contribution in [0.2, 0.25) is 0 Å². The van der Waals surface area contributed by atoms with E-state index in [-0.39, 0.29) is 0 Å². The highest BCUT2D eigenvalue weighted by Gasteiger charge is 2.38. The highest BCUT2D eigenvalue weighted by Crippen LogP contribution is 2.65. The van der Waals surface area contributed by atoms with Crippen LogP contribution in [-0.2, 0) is 0 Å². The molecule has 66 heavy (non-hydrogen) atoms. The lowest BCUT2D eigenvalue weighted by atomic mass is 9.76. The zero-order valence-electron chi connectivity index (χ0n) is 36.1. The third kappa shape index (κ3) is 5.27. The van der Waals surface area contributed by atoms with Gasteiger partial charge in [0.25, 0.3) is 0 Å². The Hall–Kier alpha value is -8.58. The molecule has 0 unspecified atom stereocenters. The summed E-state index contributed by atoms with van der Waals surface area (Å²) < 4.78 is 0. The molecule has 0 spiro atoms. The summed E-state index contributed by atoms with van der Waals surface area (Å²) in [5.74, 6) is 0. The average molecular weight is 833 g/mol. The molecular formula is C66H40. The molecule has 0 atom stereocenters. The number of hydrogen-bond donors (Lipinski definition) is 0. The van der Waals surface area contributed by atoms with Crippen molar-refractivity contribution in [1.29, 1.82) is 0 Å². The minimum atomic E-state index is 1.20. The first-order chi connectivity index (χ1) is 32.8. The predicted molar refractivity (Wildman–Crippen MR) is 280 cm³/mol. The summed E-state index contributed by atoms with van der Waals surface area (Å²) in [7, 11) is 0. The van der Waals surface area contributed by atoms with Crippen LogP contribution in [0.1, 0.15) is 0 Å². The van der Waals surface area contributed by atoms with E-state index >= 15 is 0 Å². The Bertz CT molecular complexity index is 3650. The topological polar surface area (TPSA) is 0 Å². The maximum absolute atomic E-state index is 2.46. The van der Waals surface area contributed by atoms with Gasteiger partial charge in [-0.1, -0.05) is 231 Å². The van der Waals surface area contributed by atoms with Gasteiger partial charge in [0.05, 0.1) is 0 Å². The van der Waals surface area contributed by atoms with E-state index in [1.54, 1.807) is 0 Å². The van der Waals surface area contributed by atoms with Gasteiger partial charge in [-0.3, -0.25) is 0 Å². The van der Waals surface area contributed by atoms with E-state index in [2.05, 4.69) is 243 Å². The van der Waals surface area contributed by atoms with Crippen LogP contribution in [0.25, 0.3) is 144 Å². The standard InChI is InChI=1S/C66H40/c1-7-21-41(22-8-1)55-53-39-47-33-19-20-34-48(47)40-54(53)56(42-23-9-2-10-24-42)64-50-36-38-52-62-51(37-35-49(61(50)62)63(55)64)65-59(45-29-15-5-16-30-45)57(43-25-11-3-12-26-43)58(44-27-13-4-14-28-44)60(66(52)65)46-31-17-6-18-32-46/h1-40H. The van der Waals surface area contributed by atoms with Crippen molar-refractivity contribution in [3.05, 3.63) is 243 Å². The summed E-state index contributed by atoms with van der Waals surface area (Å²) in [5.41, 5.74) is 25.4. The Kier molecular flexibility index (Phi) is 8.08. The van der Waals surface area contributed by atoms with Crippen molar-refractivity contribution in [3.8, 4) is 111 Å². The van der Waals surface area contributed by atoms with Crippen molar-refractivity contribution < 1.29 is 0 Å². The molecule has 14 rings (SSSR count). The van der Waals surface area contributed by atoms with Crippen LogP contribution in [0.3, 0.4) is 0 Å². The molecule has 0 radical (unpaired) electrons. The second-order valence-electron chi connectivity index (χ2n) is 17.8. The Morgan fingerprint density at radius 2 is 0.379 bits per heavy atom. The fourth-order valence-corrected chi connectivity index (χ4v) is 11.7. The largest absolute Gasteiger partial charge is 0.0622 e. The minimum absolute atomic E-state index is 1.20. The highest BCUT2D eigenvalue weighted by atomic mass is 14.4. The molecular weight excluding hydrogens is 793 g/mol. The van der Waals surface area contributed by atoms with Gasteiger partial charge in [-0.05, 0) is 156 Å². The first-order valence-corrected chi connectivity index (χ1v) is 23.0. The van der Waals surface area contributed by atoms with Crippen molar-refractivity contribution in [2.75, 3.05) is 0 Å². The minimum Gasteiger partial charge on any atom is -0.0622 e. The van der Waals surface area contributed by atoms with Gasteiger partial charge >= 0.3 is 0 Å². The van der Waals surface area contributed by atoms with E-state index in [4.69, 9.17) is 0 Å². The van der Waals surface area contributed by atoms with E-state index < -0.39 is 0 Å². The predicted octanol–water partition coefficient (Wildman–Crippen LogP) is 18.4.